The van der Waals surface area contributed by atoms with E-state index in [-0.39, 0.29) is 12.1 Å². The number of ether oxygens (including phenoxy) is 1. The molecule has 0 aliphatic rings. The zero-order valence-corrected chi connectivity index (χ0v) is 11.4. The molecule has 0 aliphatic heterocycles. The maximum absolute atomic E-state index is 5.97. The van der Waals surface area contributed by atoms with Crippen LogP contribution < -0.4 is 10.5 Å². The van der Waals surface area contributed by atoms with E-state index in [1.165, 1.54) is 5.56 Å². The maximum atomic E-state index is 5.97. The third kappa shape index (κ3) is 4.78. The van der Waals surface area contributed by atoms with Crippen molar-refractivity contribution < 1.29 is 4.74 Å². The Bertz CT molecular complexity index is 318. The van der Waals surface area contributed by atoms with Gasteiger partial charge in [-0.05, 0) is 43.4 Å². The molecule has 2 heteroatoms. The fourth-order valence-corrected chi connectivity index (χ4v) is 1.97. The van der Waals surface area contributed by atoms with Crippen LogP contribution in [0, 0.1) is 5.92 Å². The fourth-order valence-electron chi connectivity index (χ4n) is 1.97. The van der Waals surface area contributed by atoms with Crippen LogP contribution in [0.3, 0.4) is 0 Å². The number of benzene rings is 1. The van der Waals surface area contributed by atoms with Gasteiger partial charge in [0.15, 0.2) is 0 Å². The predicted octanol–water partition coefficient (Wildman–Crippen LogP) is 3.91. The number of hydrogen-bond donors (Lipinski definition) is 1. The number of rotatable bonds is 6. The largest absolute Gasteiger partial charge is 0.491 e. The summed E-state index contributed by atoms with van der Waals surface area (Å²) in [5.41, 5.74) is 7.15. The summed E-state index contributed by atoms with van der Waals surface area (Å²) >= 11 is 0. The van der Waals surface area contributed by atoms with Crippen LogP contribution in [0.2, 0.25) is 0 Å². The highest BCUT2D eigenvalue weighted by Gasteiger charge is 2.07. The molecular formula is C15H25NO. The molecule has 2 unspecified atom stereocenters. The normalized spacial score (nSPS) is 14.7. The molecule has 0 aromatic heterocycles. The first-order valence-corrected chi connectivity index (χ1v) is 6.55. The highest BCUT2D eigenvalue weighted by atomic mass is 16.5. The summed E-state index contributed by atoms with van der Waals surface area (Å²) in [6.45, 7) is 8.64. The zero-order chi connectivity index (χ0) is 12.8. The van der Waals surface area contributed by atoms with Gasteiger partial charge in [0.25, 0.3) is 0 Å². The van der Waals surface area contributed by atoms with E-state index >= 15 is 0 Å². The van der Waals surface area contributed by atoms with Crippen LogP contribution in [0.15, 0.2) is 24.3 Å². The topological polar surface area (TPSA) is 35.2 Å². The van der Waals surface area contributed by atoms with Crippen molar-refractivity contribution in [1.82, 2.24) is 0 Å². The van der Waals surface area contributed by atoms with Crippen molar-refractivity contribution in [2.75, 3.05) is 0 Å². The van der Waals surface area contributed by atoms with Crippen LogP contribution in [0.25, 0.3) is 0 Å². The Labute approximate surface area is 105 Å². The van der Waals surface area contributed by atoms with Gasteiger partial charge in [-0.2, -0.15) is 0 Å². The molecule has 0 aliphatic carbocycles. The number of nitrogens with two attached hydrogens (primary N) is 1. The molecule has 0 saturated heterocycles. The first-order valence-electron chi connectivity index (χ1n) is 6.55. The van der Waals surface area contributed by atoms with Crippen molar-refractivity contribution in [1.29, 1.82) is 0 Å². The average molecular weight is 235 g/mol. The molecule has 0 heterocycles. The molecule has 2 atom stereocenters. The Morgan fingerprint density at radius 2 is 1.71 bits per heavy atom. The lowest BCUT2D eigenvalue weighted by Gasteiger charge is -2.17. The van der Waals surface area contributed by atoms with Gasteiger partial charge in [0.1, 0.15) is 5.75 Å². The summed E-state index contributed by atoms with van der Waals surface area (Å²) < 4.78 is 5.85. The van der Waals surface area contributed by atoms with Gasteiger partial charge in [0, 0.05) is 6.04 Å². The molecule has 1 aromatic rings. The van der Waals surface area contributed by atoms with Crippen LogP contribution in [-0.2, 0) is 0 Å². The van der Waals surface area contributed by atoms with Crippen LogP contribution in [0.1, 0.15) is 52.1 Å². The minimum Gasteiger partial charge on any atom is -0.491 e. The Balaban J connectivity index is 2.56. The van der Waals surface area contributed by atoms with Crippen molar-refractivity contribution >= 4 is 0 Å². The Kier molecular flexibility index (Phi) is 5.49. The molecule has 2 nitrogen and oxygen atoms in total. The van der Waals surface area contributed by atoms with Crippen molar-refractivity contribution in [3.63, 3.8) is 0 Å². The van der Waals surface area contributed by atoms with Gasteiger partial charge in [-0.1, -0.05) is 32.9 Å². The van der Waals surface area contributed by atoms with Crippen molar-refractivity contribution in [3.8, 4) is 5.75 Å². The van der Waals surface area contributed by atoms with E-state index in [0.717, 1.165) is 18.6 Å². The van der Waals surface area contributed by atoms with Gasteiger partial charge < -0.3 is 10.5 Å². The molecular weight excluding hydrogens is 210 g/mol. The molecule has 0 bridgehead atoms. The SMILES string of the molecule is CCC(N)c1ccc(OC(C)CC(C)C)cc1. The summed E-state index contributed by atoms with van der Waals surface area (Å²) in [7, 11) is 0. The molecule has 2 N–H and O–H groups in total. The third-order valence-electron chi connectivity index (χ3n) is 2.89. The van der Waals surface area contributed by atoms with Crippen molar-refractivity contribution in [3.05, 3.63) is 29.8 Å². The molecule has 17 heavy (non-hydrogen) atoms. The fraction of sp³-hybridized carbons (Fsp3) is 0.600. The second-order valence-electron chi connectivity index (χ2n) is 5.14. The highest BCUT2D eigenvalue weighted by molar-refractivity contribution is 5.29. The summed E-state index contributed by atoms with van der Waals surface area (Å²) in [6.07, 6.45) is 2.31. The minimum atomic E-state index is 0.136. The van der Waals surface area contributed by atoms with Gasteiger partial charge in [-0.3, -0.25) is 0 Å². The smallest absolute Gasteiger partial charge is 0.119 e. The van der Waals surface area contributed by atoms with Crippen molar-refractivity contribution in [2.24, 2.45) is 11.7 Å². The third-order valence-corrected chi connectivity index (χ3v) is 2.89. The van der Waals surface area contributed by atoms with Crippen molar-refractivity contribution in [2.45, 2.75) is 52.7 Å². The lowest BCUT2D eigenvalue weighted by Crippen LogP contribution is -2.14. The molecule has 1 rings (SSSR count). The molecule has 0 fully saturated rings. The van der Waals surface area contributed by atoms with E-state index in [1.54, 1.807) is 0 Å². The van der Waals surface area contributed by atoms with Gasteiger partial charge in [0.05, 0.1) is 6.10 Å². The van der Waals surface area contributed by atoms with E-state index in [4.69, 9.17) is 10.5 Å². The van der Waals surface area contributed by atoms with Gasteiger partial charge in [-0.15, -0.1) is 0 Å². The quantitative estimate of drug-likeness (QED) is 0.811. The highest BCUT2D eigenvalue weighted by Crippen LogP contribution is 2.20. The summed E-state index contributed by atoms with van der Waals surface area (Å²) in [5.74, 6) is 1.60. The van der Waals surface area contributed by atoms with Crippen LogP contribution >= 0.6 is 0 Å². The van der Waals surface area contributed by atoms with Gasteiger partial charge in [0.2, 0.25) is 0 Å². The predicted molar refractivity (Wildman–Crippen MR) is 73.2 cm³/mol. The lowest BCUT2D eigenvalue weighted by atomic mass is 10.1. The zero-order valence-electron chi connectivity index (χ0n) is 11.4. The molecule has 0 saturated carbocycles. The average Bonchev–Trinajstić information content (AvgIpc) is 2.28. The van der Waals surface area contributed by atoms with Gasteiger partial charge in [-0.25, -0.2) is 0 Å². The molecule has 1 aromatic carbocycles. The lowest BCUT2D eigenvalue weighted by molar-refractivity contribution is 0.193. The second-order valence-corrected chi connectivity index (χ2v) is 5.14. The Morgan fingerprint density at radius 3 is 2.18 bits per heavy atom. The minimum absolute atomic E-state index is 0.136. The molecule has 0 radical (unpaired) electrons. The first-order chi connectivity index (χ1) is 8.02. The van der Waals surface area contributed by atoms with E-state index in [9.17, 15) is 0 Å². The van der Waals surface area contributed by atoms with E-state index in [2.05, 4.69) is 39.8 Å². The molecule has 0 amide bonds. The van der Waals surface area contributed by atoms with E-state index in [1.807, 2.05) is 12.1 Å². The summed E-state index contributed by atoms with van der Waals surface area (Å²) in [4.78, 5) is 0. The molecule has 96 valence electrons. The Morgan fingerprint density at radius 1 is 1.12 bits per heavy atom. The second kappa shape index (κ2) is 6.65. The standard InChI is InChI=1S/C15H25NO/c1-5-15(16)13-6-8-14(9-7-13)17-12(4)10-11(2)3/h6-9,11-12,15H,5,10,16H2,1-4H3. The summed E-state index contributed by atoms with van der Waals surface area (Å²) in [6, 6.07) is 8.29. The maximum Gasteiger partial charge on any atom is 0.119 e. The van der Waals surface area contributed by atoms with Crippen LogP contribution in [0.4, 0.5) is 0 Å². The number of hydrogen-bond acceptors (Lipinski definition) is 2. The monoisotopic (exact) mass is 235 g/mol. The van der Waals surface area contributed by atoms with Crippen LogP contribution in [-0.4, -0.2) is 6.10 Å². The van der Waals surface area contributed by atoms with E-state index < -0.39 is 0 Å². The van der Waals surface area contributed by atoms with Crippen LogP contribution in [0.5, 0.6) is 5.75 Å². The van der Waals surface area contributed by atoms with E-state index in [0.29, 0.717) is 5.92 Å². The Hall–Kier alpha value is -1.02. The van der Waals surface area contributed by atoms with Gasteiger partial charge >= 0.3 is 0 Å². The summed E-state index contributed by atoms with van der Waals surface area (Å²) in [5, 5.41) is 0. The first kappa shape index (κ1) is 14.0. The molecule has 0 spiro atoms.